The largest absolute Gasteiger partial charge is 0.323 e. The van der Waals surface area contributed by atoms with Gasteiger partial charge in [-0.2, -0.15) is 0 Å². The van der Waals surface area contributed by atoms with Gasteiger partial charge in [-0.05, 0) is 49.1 Å². The highest BCUT2D eigenvalue weighted by atomic mass is 15.2. The molecular weight excluding hydrogens is 244 g/mol. The van der Waals surface area contributed by atoms with E-state index in [2.05, 4.69) is 49.9 Å². The molecule has 0 radical (unpaired) electrons. The average molecular weight is 272 g/mol. The molecule has 3 rings (SSSR count). The molecule has 110 valence electrons. The van der Waals surface area contributed by atoms with Crippen LogP contribution < -0.4 is 5.73 Å². The summed E-state index contributed by atoms with van der Waals surface area (Å²) in [5, 5.41) is 0. The second kappa shape index (κ2) is 5.50. The van der Waals surface area contributed by atoms with Crippen molar-refractivity contribution in [2.75, 3.05) is 6.54 Å². The molecular formula is C18H28N2. The Morgan fingerprint density at radius 2 is 1.75 bits per heavy atom. The number of nitrogens with zero attached hydrogens (tertiary/aromatic N) is 1. The van der Waals surface area contributed by atoms with Gasteiger partial charge in [0.05, 0.1) is 0 Å². The highest BCUT2D eigenvalue weighted by Gasteiger charge is 2.37. The van der Waals surface area contributed by atoms with Crippen molar-refractivity contribution in [2.24, 2.45) is 11.7 Å². The Morgan fingerprint density at radius 1 is 1.05 bits per heavy atom. The lowest BCUT2D eigenvalue weighted by Crippen LogP contribution is -2.53. The zero-order valence-corrected chi connectivity index (χ0v) is 13.0. The summed E-state index contributed by atoms with van der Waals surface area (Å²) in [5.74, 6) is 1.44. The lowest BCUT2D eigenvalue weighted by molar-refractivity contribution is 0.0521. The third-order valence-corrected chi connectivity index (χ3v) is 5.49. The predicted octanol–water partition coefficient (Wildman–Crippen LogP) is 3.68. The van der Waals surface area contributed by atoms with E-state index >= 15 is 0 Å². The lowest BCUT2D eigenvalue weighted by atomic mass is 9.76. The van der Waals surface area contributed by atoms with E-state index in [1.165, 1.54) is 36.9 Å². The Hall–Kier alpha value is -0.860. The molecule has 1 saturated heterocycles. The molecule has 0 aromatic heterocycles. The van der Waals surface area contributed by atoms with Crippen LogP contribution in [0.4, 0.5) is 0 Å². The first-order valence-electron chi connectivity index (χ1n) is 8.18. The van der Waals surface area contributed by atoms with Crippen LogP contribution in [-0.4, -0.2) is 23.5 Å². The molecule has 5 atom stereocenters. The summed E-state index contributed by atoms with van der Waals surface area (Å²) in [5.41, 5.74) is 9.49. The van der Waals surface area contributed by atoms with Gasteiger partial charge >= 0.3 is 0 Å². The summed E-state index contributed by atoms with van der Waals surface area (Å²) in [6.45, 7) is 8.33. The van der Waals surface area contributed by atoms with Crippen molar-refractivity contribution >= 4 is 0 Å². The number of rotatable bonds is 1. The fraction of sp³-hybridized carbons (Fsp3) is 0.667. The van der Waals surface area contributed by atoms with Gasteiger partial charge in [-0.15, -0.1) is 0 Å². The van der Waals surface area contributed by atoms with Gasteiger partial charge in [-0.1, -0.05) is 38.1 Å². The summed E-state index contributed by atoms with van der Waals surface area (Å²) >= 11 is 0. The van der Waals surface area contributed by atoms with Crippen molar-refractivity contribution in [1.29, 1.82) is 0 Å². The lowest BCUT2D eigenvalue weighted by Gasteiger charge is -2.47. The Bertz CT molecular complexity index is 470. The molecule has 20 heavy (non-hydrogen) atoms. The van der Waals surface area contributed by atoms with Gasteiger partial charge in [-0.25, -0.2) is 0 Å². The maximum Gasteiger partial charge on any atom is 0.0456 e. The average Bonchev–Trinajstić information content (AvgIpc) is 2.46. The van der Waals surface area contributed by atoms with Gasteiger partial charge in [0.2, 0.25) is 0 Å². The zero-order valence-electron chi connectivity index (χ0n) is 13.0. The molecule has 2 heteroatoms. The number of nitrogens with two attached hydrogens (primary N) is 1. The van der Waals surface area contributed by atoms with Crippen molar-refractivity contribution in [2.45, 2.75) is 64.1 Å². The van der Waals surface area contributed by atoms with Crippen LogP contribution >= 0.6 is 0 Å². The molecule has 1 aromatic carbocycles. The van der Waals surface area contributed by atoms with Gasteiger partial charge in [-0.3, -0.25) is 4.90 Å². The van der Waals surface area contributed by atoms with E-state index in [4.69, 9.17) is 5.73 Å². The minimum Gasteiger partial charge on any atom is -0.323 e. The summed E-state index contributed by atoms with van der Waals surface area (Å²) in [7, 11) is 0. The summed E-state index contributed by atoms with van der Waals surface area (Å²) in [6.07, 6.45) is 3.89. The fourth-order valence-electron chi connectivity index (χ4n) is 4.23. The maximum atomic E-state index is 6.65. The number of piperidine rings is 1. The minimum absolute atomic E-state index is 0.176. The number of fused-ring (bicyclic) bond motifs is 1. The van der Waals surface area contributed by atoms with Crippen LogP contribution in [0.5, 0.6) is 0 Å². The fourth-order valence-corrected chi connectivity index (χ4v) is 4.23. The Balaban J connectivity index is 1.88. The second-order valence-electron chi connectivity index (χ2n) is 7.09. The van der Waals surface area contributed by atoms with Gasteiger partial charge in [0, 0.05) is 24.7 Å². The zero-order chi connectivity index (χ0) is 14.3. The standard InChI is InChI=1S/C18H28N2/c1-12-8-9-14(3)20(11-12)17-10-13(2)15-6-4-5-7-16(15)18(17)19/h4-7,12-14,17-18H,8-11,19H2,1-3H3. The predicted molar refractivity (Wildman–Crippen MR) is 84.8 cm³/mol. The van der Waals surface area contributed by atoms with Gasteiger partial charge in [0.1, 0.15) is 0 Å². The van der Waals surface area contributed by atoms with E-state index in [-0.39, 0.29) is 6.04 Å². The molecule has 1 aliphatic heterocycles. The SMILES string of the molecule is CC1CCC(C)N(C2CC(C)c3ccccc3C2N)C1. The molecule has 0 amide bonds. The maximum absolute atomic E-state index is 6.65. The van der Waals surface area contributed by atoms with Crippen LogP contribution in [0.2, 0.25) is 0 Å². The molecule has 1 fully saturated rings. The number of likely N-dealkylation sites (tertiary alicyclic amines) is 1. The van der Waals surface area contributed by atoms with Crippen molar-refractivity contribution < 1.29 is 0 Å². The van der Waals surface area contributed by atoms with E-state index in [0.717, 1.165) is 5.92 Å². The molecule has 5 unspecified atom stereocenters. The molecule has 1 aromatic rings. The molecule has 0 spiro atoms. The van der Waals surface area contributed by atoms with Crippen molar-refractivity contribution in [3.05, 3.63) is 35.4 Å². The van der Waals surface area contributed by atoms with E-state index in [1.807, 2.05) is 0 Å². The van der Waals surface area contributed by atoms with Gasteiger partial charge < -0.3 is 5.73 Å². The molecule has 1 heterocycles. The first-order chi connectivity index (χ1) is 9.58. The van der Waals surface area contributed by atoms with Gasteiger partial charge in [0.15, 0.2) is 0 Å². The first kappa shape index (κ1) is 14.1. The number of hydrogen-bond donors (Lipinski definition) is 1. The molecule has 2 aliphatic rings. The molecule has 2 nitrogen and oxygen atoms in total. The van der Waals surface area contributed by atoms with Crippen LogP contribution in [0.25, 0.3) is 0 Å². The van der Waals surface area contributed by atoms with Gasteiger partial charge in [0.25, 0.3) is 0 Å². The quantitative estimate of drug-likeness (QED) is 0.845. The molecule has 0 saturated carbocycles. The highest BCUT2D eigenvalue weighted by molar-refractivity contribution is 5.36. The minimum atomic E-state index is 0.176. The highest BCUT2D eigenvalue weighted by Crippen LogP contribution is 2.40. The summed E-state index contributed by atoms with van der Waals surface area (Å²) < 4.78 is 0. The first-order valence-corrected chi connectivity index (χ1v) is 8.18. The van der Waals surface area contributed by atoms with E-state index in [0.29, 0.717) is 18.0 Å². The summed E-state index contributed by atoms with van der Waals surface area (Å²) in [6, 6.07) is 10.1. The second-order valence-corrected chi connectivity index (χ2v) is 7.09. The molecule has 2 N–H and O–H groups in total. The molecule has 1 aliphatic carbocycles. The van der Waals surface area contributed by atoms with Crippen molar-refractivity contribution in [3.63, 3.8) is 0 Å². The van der Waals surface area contributed by atoms with Crippen LogP contribution in [0, 0.1) is 5.92 Å². The van der Waals surface area contributed by atoms with Crippen molar-refractivity contribution in [3.8, 4) is 0 Å². The van der Waals surface area contributed by atoms with Crippen LogP contribution in [0.15, 0.2) is 24.3 Å². The number of hydrogen-bond acceptors (Lipinski definition) is 2. The van der Waals surface area contributed by atoms with Crippen molar-refractivity contribution in [1.82, 2.24) is 4.90 Å². The monoisotopic (exact) mass is 272 g/mol. The number of benzene rings is 1. The van der Waals surface area contributed by atoms with E-state index in [9.17, 15) is 0 Å². The third-order valence-electron chi connectivity index (χ3n) is 5.49. The summed E-state index contributed by atoms with van der Waals surface area (Å²) in [4.78, 5) is 2.70. The van der Waals surface area contributed by atoms with Crippen LogP contribution in [-0.2, 0) is 0 Å². The third kappa shape index (κ3) is 2.40. The van der Waals surface area contributed by atoms with Crippen LogP contribution in [0.1, 0.15) is 63.1 Å². The smallest absolute Gasteiger partial charge is 0.0456 e. The van der Waals surface area contributed by atoms with Crippen LogP contribution in [0.3, 0.4) is 0 Å². The normalized spacial score (nSPS) is 38.5. The topological polar surface area (TPSA) is 29.3 Å². The van der Waals surface area contributed by atoms with E-state index < -0.39 is 0 Å². The Morgan fingerprint density at radius 3 is 2.50 bits per heavy atom. The van der Waals surface area contributed by atoms with E-state index in [1.54, 1.807) is 0 Å². The molecule has 0 bridgehead atoms. The Labute approximate surface area is 123 Å². The Kier molecular flexibility index (Phi) is 3.87.